The van der Waals surface area contributed by atoms with Gasteiger partial charge < -0.3 is 5.11 Å². The van der Waals surface area contributed by atoms with E-state index in [0.29, 0.717) is 12.0 Å². The summed E-state index contributed by atoms with van der Waals surface area (Å²) in [5.41, 5.74) is 3.50. The van der Waals surface area contributed by atoms with E-state index in [1.165, 1.54) is 0 Å². The molecular formula is C13H10O3. The fourth-order valence-corrected chi connectivity index (χ4v) is 2.65. The summed E-state index contributed by atoms with van der Waals surface area (Å²) in [7, 11) is 0. The molecule has 2 aliphatic carbocycles. The number of hydrogen-bond donors (Lipinski definition) is 1. The Bertz CT molecular complexity index is 540. The molecule has 0 saturated heterocycles. The Kier molecular flexibility index (Phi) is 1.78. The third kappa shape index (κ3) is 1.08. The Morgan fingerprint density at radius 3 is 2.81 bits per heavy atom. The SMILES string of the molecule is O=C1CC(C(=O)O)C2=C1Cc1ccccc12. The molecule has 16 heavy (non-hydrogen) atoms. The van der Waals surface area contributed by atoms with E-state index >= 15 is 0 Å². The summed E-state index contributed by atoms with van der Waals surface area (Å²) in [5, 5.41) is 9.12. The van der Waals surface area contributed by atoms with Gasteiger partial charge in [0.15, 0.2) is 5.78 Å². The molecular weight excluding hydrogens is 204 g/mol. The molecule has 1 aromatic rings. The van der Waals surface area contributed by atoms with Crippen LogP contribution in [0.25, 0.3) is 5.57 Å². The molecule has 0 aliphatic heterocycles. The summed E-state index contributed by atoms with van der Waals surface area (Å²) >= 11 is 0. The van der Waals surface area contributed by atoms with Gasteiger partial charge in [0, 0.05) is 18.4 Å². The van der Waals surface area contributed by atoms with E-state index in [0.717, 1.165) is 16.7 Å². The van der Waals surface area contributed by atoms with Gasteiger partial charge in [0.1, 0.15) is 0 Å². The maximum absolute atomic E-state index is 11.7. The summed E-state index contributed by atoms with van der Waals surface area (Å²) in [4.78, 5) is 22.8. The molecule has 1 unspecified atom stereocenters. The van der Waals surface area contributed by atoms with E-state index in [4.69, 9.17) is 5.11 Å². The van der Waals surface area contributed by atoms with Crippen LogP contribution in [-0.4, -0.2) is 16.9 Å². The van der Waals surface area contributed by atoms with Crippen molar-refractivity contribution >= 4 is 17.3 Å². The van der Waals surface area contributed by atoms with Crippen molar-refractivity contribution in [2.75, 3.05) is 0 Å². The molecule has 0 heterocycles. The van der Waals surface area contributed by atoms with Crippen molar-refractivity contribution in [1.82, 2.24) is 0 Å². The molecule has 0 bridgehead atoms. The van der Waals surface area contributed by atoms with Gasteiger partial charge in [-0.2, -0.15) is 0 Å². The lowest BCUT2D eigenvalue weighted by Gasteiger charge is -2.09. The fourth-order valence-electron chi connectivity index (χ4n) is 2.65. The lowest BCUT2D eigenvalue weighted by molar-refractivity contribution is -0.140. The number of allylic oxidation sites excluding steroid dienone is 1. The molecule has 0 amide bonds. The van der Waals surface area contributed by atoms with Gasteiger partial charge in [-0.15, -0.1) is 0 Å². The number of hydrogen-bond acceptors (Lipinski definition) is 2. The standard InChI is InChI=1S/C13H10O3/c14-11-6-10(13(15)16)12-8-4-2-1-3-7(8)5-9(11)12/h1-4,10H,5-6H2,(H,15,16). The van der Waals surface area contributed by atoms with Gasteiger partial charge >= 0.3 is 5.97 Å². The van der Waals surface area contributed by atoms with Gasteiger partial charge in [-0.1, -0.05) is 24.3 Å². The first kappa shape index (κ1) is 9.33. The Hall–Kier alpha value is -1.90. The van der Waals surface area contributed by atoms with Crippen LogP contribution in [0.4, 0.5) is 0 Å². The Balaban J connectivity index is 2.17. The minimum Gasteiger partial charge on any atom is -0.481 e. The maximum Gasteiger partial charge on any atom is 0.311 e. The fraction of sp³-hybridized carbons (Fsp3) is 0.231. The van der Waals surface area contributed by atoms with Crippen LogP contribution < -0.4 is 0 Å². The molecule has 1 aromatic carbocycles. The van der Waals surface area contributed by atoms with Gasteiger partial charge in [-0.05, 0) is 16.7 Å². The third-order valence-corrected chi connectivity index (χ3v) is 3.37. The van der Waals surface area contributed by atoms with Crippen molar-refractivity contribution in [3.8, 4) is 0 Å². The molecule has 3 heteroatoms. The van der Waals surface area contributed by atoms with Crippen molar-refractivity contribution in [1.29, 1.82) is 0 Å². The van der Waals surface area contributed by atoms with E-state index in [2.05, 4.69) is 0 Å². The highest BCUT2D eigenvalue weighted by Crippen LogP contribution is 2.44. The first-order chi connectivity index (χ1) is 7.68. The monoisotopic (exact) mass is 214 g/mol. The van der Waals surface area contributed by atoms with Crippen molar-refractivity contribution < 1.29 is 14.7 Å². The van der Waals surface area contributed by atoms with Crippen LogP contribution in [-0.2, 0) is 16.0 Å². The largest absolute Gasteiger partial charge is 0.481 e. The van der Waals surface area contributed by atoms with Gasteiger partial charge in [0.05, 0.1) is 5.92 Å². The molecule has 1 N–H and O–H groups in total. The highest BCUT2D eigenvalue weighted by atomic mass is 16.4. The predicted octanol–water partition coefficient (Wildman–Crippen LogP) is 1.67. The zero-order valence-corrected chi connectivity index (χ0v) is 8.56. The van der Waals surface area contributed by atoms with E-state index in [9.17, 15) is 9.59 Å². The van der Waals surface area contributed by atoms with E-state index in [-0.39, 0.29) is 12.2 Å². The minimum atomic E-state index is -0.893. The van der Waals surface area contributed by atoms with Gasteiger partial charge in [-0.25, -0.2) is 0 Å². The van der Waals surface area contributed by atoms with Crippen molar-refractivity contribution in [3.63, 3.8) is 0 Å². The van der Waals surface area contributed by atoms with Crippen molar-refractivity contribution in [2.45, 2.75) is 12.8 Å². The lowest BCUT2D eigenvalue weighted by Crippen LogP contribution is -2.14. The van der Waals surface area contributed by atoms with Crippen LogP contribution in [0, 0.1) is 5.92 Å². The van der Waals surface area contributed by atoms with E-state index < -0.39 is 11.9 Å². The second-order valence-electron chi connectivity index (χ2n) is 4.24. The summed E-state index contributed by atoms with van der Waals surface area (Å²) in [5.74, 6) is -1.53. The van der Waals surface area contributed by atoms with Gasteiger partial charge in [-0.3, -0.25) is 9.59 Å². The number of carboxylic acid groups (broad SMARTS) is 1. The minimum absolute atomic E-state index is 0.00130. The first-order valence-corrected chi connectivity index (χ1v) is 5.26. The quantitative estimate of drug-likeness (QED) is 0.773. The topological polar surface area (TPSA) is 54.4 Å². The number of rotatable bonds is 1. The zero-order valence-electron chi connectivity index (χ0n) is 8.56. The molecule has 3 nitrogen and oxygen atoms in total. The molecule has 0 aromatic heterocycles. The molecule has 3 rings (SSSR count). The maximum atomic E-state index is 11.7. The molecule has 0 spiro atoms. The third-order valence-electron chi connectivity index (χ3n) is 3.37. The number of aliphatic carboxylic acids is 1. The highest BCUT2D eigenvalue weighted by molar-refractivity contribution is 6.15. The average molecular weight is 214 g/mol. The van der Waals surface area contributed by atoms with Crippen LogP contribution in [0.1, 0.15) is 17.5 Å². The normalized spacial score (nSPS) is 22.2. The number of ketones is 1. The molecule has 0 fully saturated rings. The van der Waals surface area contributed by atoms with Crippen LogP contribution in [0.15, 0.2) is 29.8 Å². The van der Waals surface area contributed by atoms with Crippen LogP contribution in [0.2, 0.25) is 0 Å². The van der Waals surface area contributed by atoms with E-state index in [1.54, 1.807) is 0 Å². The molecule has 0 saturated carbocycles. The van der Waals surface area contributed by atoms with E-state index in [1.807, 2.05) is 24.3 Å². The second-order valence-corrected chi connectivity index (χ2v) is 4.24. The molecule has 1 atom stereocenters. The highest BCUT2D eigenvalue weighted by Gasteiger charge is 2.41. The van der Waals surface area contributed by atoms with Crippen molar-refractivity contribution in [3.05, 3.63) is 41.0 Å². The Morgan fingerprint density at radius 1 is 1.31 bits per heavy atom. The number of carbonyl (C=O) groups is 2. The van der Waals surface area contributed by atoms with Gasteiger partial charge in [0.25, 0.3) is 0 Å². The average Bonchev–Trinajstić information content (AvgIpc) is 2.77. The number of carbonyl (C=O) groups excluding carboxylic acids is 1. The first-order valence-electron chi connectivity index (χ1n) is 5.26. The number of benzene rings is 1. The molecule has 80 valence electrons. The summed E-state index contributed by atoms with van der Waals surface area (Å²) in [6, 6.07) is 7.67. The smallest absolute Gasteiger partial charge is 0.311 e. The number of Topliss-reactive ketones (excluding diaryl/α,β-unsaturated/α-hetero) is 1. The van der Waals surface area contributed by atoms with Crippen LogP contribution >= 0.6 is 0 Å². The summed E-state index contributed by atoms with van der Waals surface area (Å²) < 4.78 is 0. The van der Waals surface area contributed by atoms with Gasteiger partial charge in [0.2, 0.25) is 0 Å². The number of fused-ring (bicyclic) bond motifs is 2. The Morgan fingerprint density at radius 2 is 2.06 bits per heavy atom. The zero-order chi connectivity index (χ0) is 11.3. The predicted molar refractivity (Wildman–Crippen MR) is 57.8 cm³/mol. The molecule has 2 aliphatic rings. The van der Waals surface area contributed by atoms with Crippen molar-refractivity contribution in [2.24, 2.45) is 5.92 Å². The summed E-state index contributed by atoms with van der Waals surface area (Å²) in [6.07, 6.45) is 0.739. The Labute approximate surface area is 92.4 Å². The van der Waals surface area contributed by atoms with Crippen LogP contribution in [0.3, 0.4) is 0 Å². The lowest BCUT2D eigenvalue weighted by atomic mass is 9.94. The number of carboxylic acids is 1. The second kappa shape index (κ2) is 3.04. The molecule has 0 radical (unpaired) electrons. The summed E-state index contributed by atoms with van der Waals surface area (Å²) in [6.45, 7) is 0. The van der Waals surface area contributed by atoms with Crippen LogP contribution in [0.5, 0.6) is 0 Å².